The summed E-state index contributed by atoms with van der Waals surface area (Å²) < 4.78 is 10.7. The Labute approximate surface area is 109 Å². The van der Waals surface area contributed by atoms with E-state index >= 15 is 0 Å². The summed E-state index contributed by atoms with van der Waals surface area (Å²) in [6, 6.07) is 6.86. The van der Waals surface area contributed by atoms with E-state index in [2.05, 4.69) is 5.32 Å². The SMILES string of the molecule is COc1cccc(OCC2NC(C(=O)O)CS2)c1. The zero-order chi connectivity index (χ0) is 13.0. The van der Waals surface area contributed by atoms with Crippen molar-refractivity contribution in [2.75, 3.05) is 19.5 Å². The summed E-state index contributed by atoms with van der Waals surface area (Å²) in [4.78, 5) is 10.8. The molecule has 1 aromatic carbocycles. The average Bonchev–Trinajstić information content (AvgIpc) is 2.85. The molecule has 2 rings (SSSR count). The minimum absolute atomic E-state index is 0.0114. The van der Waals surface area contributed by atoms with Crippen LogP contribution in [0, 0.1) is 0 Å². The summed E-state index contributed by atoms with van der Waals surface area (Å²) in [6.45, 7) is 0.432. The number of aliphatic carboxylic acids is 1. The number of hydrogen-bond acceptors (Lipinski definition) is 5. The third-order valence-electron chi connectivity index (χ3n) is 2.59. The van der Waals surface area contributed by atoms with E-state index < -0.39 is 12.0 Å². The fourth-order valence-corrected chi connectivity index (χ4v) is 2.72. The highest BCUT2D eigenvalue weighted by Crippen LogP contribution is 2.22. The van der Waals surface area contributed by atoms with Crippen LogP contribution in [0.3, 0.4) is 0 Å². The zero-order valence-electron chi connectivity index (χ0n) is 9.96. The van der Waals surface area contributed by atoms with Gasteiger partial charge in [-0.15, -0.1) is 11.8 Å². The van der Waals surface area contributed by atoms with Gasteiger partial charge in [0.25, 0.3) is 0 Å². The Morgan fingerprint density at radius 3 is 3.00 bits per heavy atom. The van der Waals surface area contributed by atoms with Crippen LogP contribution < -0.4 is 14.8 Å². The molecule has 0 amide bonds. The highest BCUT2D eigenvalue weighted by molar-refractivity contribution is 8.00. The molecular weight excluding hydrogens is 254 g/mol. The summed E-state index contributed by atoms with van der Waals surface area (Å²) >= 11 is 1.56. The number of nitrogens with one attached hydrogen (secondary N) is 1. The highest BCUT2D eigenvalue weighted by atomic mass is 32.2. The molecule has 2 unspecified atom stereocenters. The van der Waals surface area contributed by atoms with E-state index in [1.807, 2.05) is 18.2 Å². The van der Waals surface area contributed by atoms with E-state index in [1.54, 1.807) is 24.9 Å². The maximum absolute atomic E-state index is 10.8. The largest absolute Gasteiger partial charge is 0.497 e. The molecule has 1 heterocycles. The van der Waals surface area contributed by atoms with Gasteiger partial charge >= 0.3 is 5.97 Å². The summed E-state index contributed by atoms with van der Waals surface area (Å²) in [5.41, 5.74) is 0. The topological polar surface area (TPSA) is 67.8 Å². The van der Waals surface area contributed by atoms with Gasteiger partial charge in [0.15, 0.2) is 0 Å². The number of carbonyl (C=O) groups is 1. The van der Waals surface area contributed by atoms with Gasteiger partial charge in [0.05, 0.1) is 12.5 Å². The molecule has 1 fully saturated rings. The predicted octanol–water partition coefficient (Wildman–Crippen LogP) is 1.19. The molecule has 6 heteroatoms. The Hall–Kier alpha value is -1.40. The number of carboxylic acid groups (broad SMARTS) is 1. The lowest BCUT2D eigenvalue weighted by Gasteiger charge is -2.13. The Balaban J connectivity index is 1.83. The normalized spacial score (nSPS) is 22.7. The Morgan fingerprint density at radius 2 is 2.33 bits per heavy atom. The van der Waals surface area contributed by atoms with Gasteiger partial charge < -0.3 is 14.6 Å². The van der Waals surface area contributed by atoms with Crippen LogP contribution in [0.25, 0.3) is 0 Å². The molecule has 0 bridgehead atoms. The first-order chi connectivity index (χ1) is 8.69. The van der Waals surface area contributed by atoms with Gasteiger partial charge in [-0.05, 0) is 12.1 Å². The Bertz CT molecular complexity index is 426. The maximum Gasteiger partial charge on any atom is 0.321 e. The molecule has 5 nitrogen and oxygen atoms in total. The maximum atomic E-state index is 10.8. The molecule has 0 radical (unpaired) electrons. The molecule has 2 N–H and O–H groups in total. The summed E-state index contributed by atoms with van der Waals surface area (Å²) in [7, 11) is 1.60. The zero-order valence-corrected chi connectivity index (χ0v) is 10.8. The number of rotatable bonds is 5. The van der Waals surface area contributed by atoms with Crippen LogP contribution in [0.5, 0.6) is 11.5 Å². The molecular formula is C12H15NO4S. The molecule has 0 saturated carbocycles. The van der Waals surface area contributed by atoms with Crippen molar-refractivity contribution in [2.24, 2.45) is 0 Å². The third kappa shape index (κ3) is 3.30. The lowest BCUT2D eigenvalue weighted by molar-refractivity contribution is -0.138. The molecule has 2 atom stereocenters. The molecule has 0 spiro atoms. The Morgan fingerprint density at radius 1 is 1.56 bits per heavy atom. The van der Waals surface area contributed by atoms with Gasteiger partial charge in [-0.2, -0.15) is 0 Å². The second-order valence-electron chi connectivity index (χ2n) is 3.87. The first-order valence-corrected chi connectivity index (χ1v) is 6.61. The number of carboxylic acids is 1. The number of hydrogen-bond donors (Lipinski definition) is 2. The smallest absolute Gasteiger partial charge is 0.321 e. The number of methoxy groups -OCH3 is 1. The molecule has 18 heavy (non-hydrogen) atoms. The summed E-state index contributed by atoms with van der Waals surface area (Å²) in [5, 5.41) is 11.9. The minimum Gasteiger partial charge on any atom is -0.497 e. The van der Waals surface area contributed by atoms with Crippen molar-refractivity contribution in [3.8, 4) is 11.5 Å². The van der Waals surface area contributed by atoms with Crippen molar-refractivity contribution in [1.82, 2.24) is 5.32 Å². The van der Waals surface area contributed by atoms with Crippen molar-refractivity contribution in [3.05, 3.63) is 24.3 Å². The lowest BCUT2D eigenvalue weighted by Crippen LogP contribution is -2.38. The van der Waals surface area contributed by atoms with E-state index in [4.69, 9.17) is 14.6 Å². The van der Waals surface area contributed by atoms with Crippen LogP contribution in [0.1, 0.15) is 0 Å². The molecule has 1 aliphatic heterocycles. The van der Waals surface area contributed by atoms with Crippen molar-refractivity contribution in [1.29, 1.82) is 0 Å². The predicted molar refractivity (Wildman–Crippen MR) is 69.3 cm³/mol. The van der Waals surface area contributed by atoms with E-state index in [-0.39, 0.29) is 5.37 Å². The van der Waals surface area contributed by atoms with Crippen LogP contribution in [0.4, 0.5) is 0 Å². The second-order valence-corrected chi connectivity index (χ2v) is 5.11. The molecule has 1 aromatic rings. The van der Waals surface area contributed by atoms with Crippen molar-refractivity contribution in [2.45, 2.75) is 11.4 Å². The molecule has 0 aliphatic carbocycles. The standard InChI is InChI=1S/C12H15NO4S/c1-16-8-3-2-4-9(5-8)17-6-11-13-10(7-18-11)12(14)15/h2-5,10-11,13H,6-7H2,1H3,(H,14,15). The Kier molecular flexibility index (Phi) is 4.33. The van der Waals surface area contributed by atoms with E-state index in [1.165, 1.54) is 0 Å². The van der Waals surface area contributed by atoms with Gasteiger partial charge in [0, 0.05) is 11.8 Å². The minimum atomic E-state index is -0.814. The molecule has 1 aliphatic rings. The van der Waals surface area contributed by atoms with Crippen LogP contribution in [0.2, 0.25) is 0 Å². The van der Waals surface area contributed by atoms with Gasteiger partial charge in [-0.25, -0.2) is 0 Å². The van der Waals surface area contributed by atoms with Gasteiger partial charge in [-0.1, -0.05) is 6.07 Å². The average molecular weight is 269 g/mol. The van der Waals surface area contributed by atoms with Gasteiger partial charge in [0.1, 0.15) is 24.1 Å². The second kappa shape index (κ2) is 5.97. The van der Waals surface area contributed by atoms with Crippen molar-refractivity contribution < 1.29 is 19.4 Å². The first-order valence-electron chi connectivity index (χ1n) is 5.56. The number of benzene rings is 1. The van der Waals surface area contributed by atoms with Gasteiger partial charge in [-0.3, -0.25) is 10.1 Å². The van der Waals surface area contributed by atoms with Crippen LogP contribution >= 0.6 is 11.8 Å². The van der Waals surface area contributed by atoms with Crippen molar-refractivity contribution in [3.63, 3.8) is 0 Å². The number of ether oxygens (including phenoxy) is 2. The van der Waals surface area contributed by atoms with Crippen molar-refractivity contribution >= 4 is 17.7 Å². The highest BCUT2D eigenvalue weighted by Gasteiger charge is 2.29. The third-order valence-corrected chi connectivity index (χ3v) is 3.79. The molecule has 0 aromatic heterocycles. The molecule has 98 valence electrons. The van der Waals surface area contributed by atoms with Crippen LogP contribution in [0.15, 0.2) is 24.3 Å². The van der Waals surface area contributed by atoms with E-state index in [9.17, 15) is 4.79 Å². The monoisotopic (exact) mass is 269 g/mol. The number of thioether (sulfide) groups is 1. The van der Waals surface area contributed by atoms with Crippen LogP contribution in [-0.2, 0) is 4.79 Å². The molecule has 1 saturated heterocycles. The fourth-order valence-electron chi connectivity index (χ4n) is 1.63. The van der Waals surface area contributed by atoms with Gasteiger partial charge in [0.2, 0.25) is 0 Å². The lowest BCUT2D eigenvalue weighted by atomic mass is 10.3. The van der Waals surface area contributed by atoms with E-state index in [0.717, 1.165) is 11.5 Å². The first kappa shape index (κ1) is 13.0. The van der Waals surface area contributed by atoms with E-state index in [0.29, 0.717) is 12.4 Å². The summed E-state index contributed by atoms with van der Waals surface area (Å²) in [5.74, 6) is 1.21. The fraction of sp³-hybridized carbons (Fsp3) is 0.417. The van der Waals surface area contributed by atoms with Crippen LogP contribution in [-0.4, -0.2) is 42.0 Å². The quantitative estimate of drug-likeness (QED) is 0.837. The summed E-state index contributed by atoms with van der Waals surface area (Å²) in [6.07, 6.45) is 0.